The van der Waals surface area contributed by atoms with E-state index < -0.39 is 11.7 Å². The molecule has 3 aromatic heterocycles. The lowest BCUT2D eigenvalue weighted by atomic mass is 10.0. The van der Waals surface area contributed by atoms with Crippen molar-refractivity contribution in [2.24, 2.45) is 0 Å². The van der Waals surface area contributed by atoms with Gasteiger partial charge in [-0.05, 0) is 71.6 Å². The second kappa shape index (κ2) is 8.94. The summed E-state index contributed by atoms with van der Waals surface area (Å²) < 4.78 is 7.11. The molecule has 35 heavy (non-hydrogen) atoms. The number of amides is 2. The maximum absolute atomic E-state index is 13.8. The number of hydrogen-bond acceptors (Lipinski definition) is 6. The number of nitrogens with zero attached hydrogens (tertiary/aromatic N) is 5. The highest BCUT2D eigenvalue weighted by Gasteiger charge is 2.32. The third-order valence-electron chi connectivity index (χ3n) is 6.43. The smallest absolute Gasteiger partial charge is 0.407 e. The molecule has 1 N–H and O–H groups in total. The van der Waals surface area contributed by atoms with Gasteiger partial charge in [-0.1, -0.05) is 6.07 Å². The number of aryl methyl sites for hydroxylation is 1. The van der Waals surface area contributed by atoms with Gasteiger partial charge >= 0.3 is 6.09 Å². The highest BCUT2D eigenvalue weighted by molar-refractivity contribution is 6.06. The first-order valence-electron chi connectivity index (χ1n) is 12.3. The standard InChI is InChI=1S/C26H32N6O3/c1-16-22-19(24(33)31-13-10-18(11-14-31)28-25(34)35-26(2,3)4)15-20(17-8-9-17)29-23(22)32(30-16)21-7-5-6-12-27-21/h5-7,12,15,17-18H,8-11,13-14H2,1-4H3,(H,28,34). The lowest BCUT2D eigenvalue weighted by Gasteiger charge is -2.33. The van der Waals surface area contributed by atoms with E-state index in [2.05, 4.69) is 10.3 Å². The number of piperidine rings is 1. The number of pyridine rings is 2. The second-order valence-electron chi connectivity index (χ2n) is 10.5. The Labute approximate surface area is 204 Å². The molecule has 1 saturated carbocycles. The van der Waals surface area contributed by atoms with Gasteiger partial charge in [0.1, 0.15) is 5.60 Å². The van der Waals surface area contributed by atoms with E-state index in [0.717, 1.165) is 29.6 Å². The van der Waals surface area contributed by atoms with Gasteiger partial charge in [0.2, 0.25) is 0 Å². The Kier molecular flexibility index (Phi) is 5.94. The minimum atomic E-state index is -0.537. The second-order valence-corrected chi connectivity index (χ2v) is 10.5. The highest BCUT2D eigenvalue weighted by atomic mass is 16.6. The molecule has 2 fully saturated rings. The maximum atomic E-state index is 13.8. The van der Waals surface area contributed by atoms with Gasteiger partial charge in [-0.15, -0.1) is 0 Å². The van der Waals surface area contributed by atoms with Crippen molar-refractivity contribution in [2.45, 2.75) is 70.9 Å². The van der Waals surface area contributed by atoms with E-state index >= 15 is 0 Å². The molecule has 0 unspecified atom stereocenters. The average Bonchev–Trinajstić information content (AvgIpc) is 3.61. The molecule has 9 heteroatoms. The van der Waals surface area contributed by atoms with E-state index in [9.17, 15) is 9.59 Å². The van der Waals surface area contributed by atoms with Crippen LogP contribution in [-0.4, -0.2) is 61.4 Å². The Hall–Kier alpha value is -3.49. The number of ether oxygens (including phenoxy) is 1. The molecule has 0 spiro atoms. The van der Waals surface area contributed by atoms with Gasteiger partial charge in [0, 0.05) is 36.9 Å². The third-order valence-corrected chi connectivity index (χ3v) is 6.43. The fraction of sp³-hybridized carbons (Fsp3) is 0.500. The van der Waals surface area contributed by atoms with E-state index in [0.29, 0.717) is 48.9 Å². The summed E-state index contributed by atoms with van der Waals surface area (Å²) in [5.74, 6) is 1.05. The maximum Gasteiger partial charge on any atom is 0.407 e. The van der Waals surface area contributed by atoms with Crippen LogP contribution in [0.5, 0.6) is 0 Å². The summed E-state index contributed by atoms with van der Waals surface area (Å²) in [6, 6.07) is 7.62. The van der Waals surface area contributed by atoms with Crippen LogP contribution in [0.15, 0.2) is 30.5 Å². The lowest BCUT2D eigenvalue weighted by molar-refractivity contribution is 0.0474. The van der Waals surface area contributed by atoms with Crippen LogP contribution in [0.3, 0.4) is 0 Å². The molecule has 184 valence electrons. The first-order chi connectivity index (χ1) is 16.7. The van der Waals surface area contributed by atoms with Crippen LogP contribution in [0, 0.1) is 6.92 Å². The molecule has 0 radical (unpaired) electrons. The molecule has 0 atom stereocenters. The summed E-state index contributed by atoms with van der Waals surface area (Å²) in [5.41, 5.74) is 2.49. The van der Waals surface area contributed by atoms with Crippen molar-refractivity contribution in [2.75, 3.05) is 13.1 Å². The first-order valence-corrected chi connectivity index (χ1v) is 12.3. The zero-order chi connectivity index (χ0) is 24.7. The summed E-state index contributed by atoms with van der Waals surface area (Å²) >= 11 is 0. The van der Waals surface area contributed by atoms with E-state index in [4.69, 9.17) is 14.8 Å². The van der Waals surface area contributed by atoms with Crippen molar-refractivity contribution in [3.8, 4) is 5.82 Å². The Morgan fingerprint density at radius 2 is 1.86 bits per heavy atom. The fourth-order valence-corrected chi connectivity index (χ4v) is 4.58. The number of nitrogens with one attached hydrogen (secondary N) is 1. The number of aromatic nitrogens is 4. The van der Waals surface area contributed by atoms with Crippen LogP contribution >= 0.6 is 0 Å². The van der Waals surface area contributed by atoms with Crippen LogP contribution in [0.2, 0.25) is 0 Å². The number of carbonyl (C=O) groups excluding carboxylic acids is 2. The molecule has 2 aliphatic rings. The molecule has 0 bridgehead atoms. The zero-order valence-corrected chi connectivity index (χ0v) is 20.7. The molecule has 1 aliphatic heterocycles. The molecule has 4 heterocycles. The molecule has 3 aromatic rings. The number of hydrogen-bond donors (Lipinski definition) is 1. The van der Waals surface area contributed by atoms with Crippen LogP contribution in [0.25, 0.3) is 16.9 Å². The zero-order valence-electron chi connectivity index (χ0n) is 20.7. The molecule has 5 rings (SSSR count). The van der Waals surface area contributed by atoms with Gasteiger partial charge in [0.25, 0.3) is 5.91 Å². The van der Waals surface area contributed by atoms with Gasteiger partial charge in [0.15, 0.2) is 11.5 Å². The minimum absolute atomic E-state index is 0.0120. The predicted molar refractivity (Wildman–Crippen MR) is 132 cm³/mol. The van der Waals surface area contributed by atoms with Gasteiger partial charge in [0.05, 0.1) is 16.6 Å². The van der Waals surface area contributed by atoms with Gasteiger partial charge < -0.3 is 15.0 Å². The van der Waals surface area contributed by atoms with Crippen molar-refractivity contribution in [3.63, 3.8) is 0 Å². The largest absolute Gasteiger partial charge is 0.444 e. The van der Waals surface area contributed by atoms with Crippen molar-refractivity contribution in [1.82, 2.24) is 30.0 Å². The van der Waals surface area contributed by atoms with Crippen molar-refractivity contribution < 1.29 is 14.3 Å². The number of alkyl carbamates (subject to hydrolysis) is 1. The van der Waals surface area contributed by atoms with Crippen LogP contribution in [0.1, 0.15) is 74.1 Å². The fourth-order valence-electron chi connectivity index (χ4n) is 4.58. The number of rotatable bonds is 4. The van der Waals surface area contributed by atoms with Crippen molar-refractivity contribution in [1.29, 1.82) is 0 Å². The van der Waals surface area contributed by atoms with Crippen molar-refractivity contribution in [3.05, 3.63) is 47.4 Å². The Morgan fingerprint density at radius 1 is 1.11 bits per heavy atom. The van der Waals surface area contributed by atoms with Crippen LogP contribution in [-0.2, 0) is 4.74 Å². The van der Waals surface area contributed by atoms with Crippen LogP contribution in [0.4, 0.5) is 4.79 Å². The van der Waals surface area contributed by atoms with E-state index in [1.54, 1.807) is 10.9 Å². The van der Waals surface area contributed by atoms with Crippen LogP contribution < -0.4 is 5.32 Å². The normalized spacial score (nSPS) is 17.0. The summed E-state index contributed by atoms with van der Waals surface area (Å²) in [6.45, 7) is 8.57. The quantitative estimate of drug-likeness (QED) is 0.607. The number of carbonyl (C=O) groups is 2. The summed E-state index contributed by atoms with van der Waals surface area (Å²) in [7, 11) is 0. The number of fused-ring (bicyclic) bond motifs is 1. The molecule has 2 amide bonds. The monoisotopic (exact) mass is 476 g/mol. The topological polar surface area (TPSA) is 102 Å². The molecule has 1 saturated heterocycles. The molecule has 9 nitrogen and oxygen atoms in total. The number of likely N-dealkylation sites (tertiary alicyclic amines) is 1. The average molecular weight is 477 g/mol. The summed E-state index contributed by atoms with van der Waals surface area (Å²) in [4.78, 5) is 37.1. The predicted octanol–water partition coefficient (Wildman–Crippen LogP) is 4.13. The molecule has 1 aliphatic carbocycles. The molecular formula is C26H32N6O3. The minimum Gasteiger partial charge on any atom is -0.444 e. The van der Waals surface area contributed by atoms with Gasteiger partial charge in [-0.25, -0.2) is 14.8 Å². The third kappa shape index (κ3) is 4.99. The SMILES string of the molecule is Cc1nn(-c2ccccn2)c2nc(C3CC3)cc(C(=O)N3CCC(NC(=O)OC(C)(C)C)CC3)c12. The van der Waals surface area contributed by atoms with Crippen molar-refractivity contribution >= 4 is 23.0 Å². The van der Waals surface area contributed by atoms with E-state index in [-0.39, 0.29) is 11.9 Å². The van der Waals surface area contributed by atoms with E-state index in [1.165, 1.54) is 0 Å². The molecule has 0 aromatic carbocycles. The Balaban J connectivity index is 1.39. The summed E-state index contributed by atoms with van der Waals surface area (Å²) in [6.07, 6.45) is 4.85. The Bertz CT molecular complexity index is 1250. The Morgan fingerprint density at radius 3 is 2.49 bits per heavy atom. The first kappa shape index (κ1) is 23.3. The van der Waals surface area contributed by atoms with Gasteiger partial charge in [-0.3, -0.25) is 4.79 Å². The lowest BCUT2D eigenvalue weighted by Crippen LogP contribution is -2.47. The van der Waals surface area contributed by atoms with E-state index in [1.807, 2.05) is 56.9 Å². The molecular weight excluding hydrogens is 444 g/mol. The highest BCUT2D eigenvalue weighted by Crippen LogP contribution is 2.41. The van der Waals surface area contributed by atoms with Gasteiger partial charge in [-0.2, -0.15) is 9.78 Å². The summed E-state index contributed by atoms with van der Waals surface area (Å²) in [5, 5.41) is 8.42.